The van der Waals surface area contributed by atoms with E-state index in [1.807, 2.05) is 12.2 Å². The van der Waals surface area contributed by atoms with Crippen molar-refractivity contribution in [2.75, 3.05) is 0 Å². The summed E-state index contributed by atoms with van der Waals surface area (Å²) in [5.41, 5.74) is 3.33. The van der Waals surface area contributed by atoms with Crippen molar-refractivity contribution in [1.29, 1.82) is 0 Å². The Hall–Kier alpha value is -1.37. The molecule has 1 nitrogen and oxygen atoms in total. The first-order valence-corrected chi connectivity index (χ1v) is 4.57. The number of hydrogen-bond donors (Lipinski definition) is 0. The van der Waals surface area contributed by atoms with Gasteiger partial charge in [0.05, 0.1) is 0 Å². The smallest absolute Gasteiger partial charge is 0.160 e. The van der Waals surface area contributed by atoms with Gasteiger partial charge in [-0.15, -0.1) is 0 Å². The number of allylic oxidation sites excluding steroid dienone is 8. The summed E-state index contributed by atoms with van der Waals surface area (Å²) in [5.74, 6) is 0.177. The third-order valence-corrected chi connectivity index (χ3v) is 2.43. The summed E-state index contributed by atoms with van der Waals surface area (Å²) < 4.78 is 0. The minimum atomic E-state index is 0.177. The summed E-state index contributed by atoms with van der Waals surface area (Å²) in [6.07, 6.45) is 12.3. The van der Waals surface area contributed by atoms with Crippen LogP contribution in [0.15, 0.2) is 47.1 Å². The summed E-state index contributed by atoms with van der Waals surface area (Å²) in [6, 6.07) is 0. The van der Waals surface area contributed by atoms with Crippen LogP contribution in [0.4, 0.5) is 0 Å². The van der Waals surface area contributed by atoms with Gasteiger partial charge in [0.1, 0.15) is 0 Å². The number of ketones is 1. The second kappa shape index (κ2) is 3.17. The molecule has 0 bridgehead atoms. The van der Waals surface area contributed by atoms with Gasteiger partial charge >= 0.3 is 0 Å². The van der Waals surface area contributed by atoms with Gasteiger partial charge in [0, 0.05) is 5.57 Å². The van der Waals surface area contributed by atoms with Crippen LogP contribution in [0, 0.1) is 0 Å². The molecular formula is C12H12O. The Morgan fingerprint density at radius 3 is 2.85 bits per heavy atom. The van der Waals surface area contributed by atoms with Crippen LogP contribution >= 0.6 is 0 Å². The van der Waals surface area contributed by atoms with Crippen molar-refractivity contribution < 1.29 is 4.79 Å². The normalized spacial score (nSPS) is 19.9. The van der Waals surface area contributed by atoms with Crippen molar-refractivity contribution in [2.45, 2.75) is 19.8 Å². The Morgan fingerprint density at radius 1 is 1.38 bits per heavy atom. The molecule has 0 aromatic rings. The first kappa shape index (κ1) is 8.24. The van der Waals surface area contributed by atoms with Gasteiger partial charge in [-0.25, -0.2) is 0 Å². The van der Waals surface area contributed by atoms with E-state index in [-0.39, 0.29) is 5.78 Å². The minimum absolute atomic E-state index is 0.177. The van der Waals surface area contributed by atoms with Gasteiger partial charge in [0.25, 0.3) is 0 Å². The van der Waals surface area contributed by atoms with E-state index < -0.39 is 0 Å². The van der Waals surface area contributed by atoms with E-state index >= 15 is 0 Å². The molecule has 0 saturated carbocycles. The van der Waals surface area contributed by atoms with E-state index in [2.05, 4.69) is 18.2 Å². The molecule has 2 aliphatic carbocycles. The predicted molar refractivity (Wildman–Crippen MR) is 53.3 cm³/mol. The Kier molecular flexibility index (Phi) is 2.01. The van der Waals surface area contributed by atoms with Crippen molar-refractivity contribution in [1.82, 2.24) is 0 Å². The van der Waals surface area contributed by atoms with Crippen LogP contribution in [-0.2, 0) is 4.79 Å². The second-order valence-corrected chi connectivity index (χ2v) is 3.35. The summed E-state index contributed by atoms with van der Waals surface area (Å²) >= 11 is 0. The van der Waals surface area contributed by atoms with Gasteiger partial charge in [0.2, 0.25) is 0 Å². The Bertz CT molecular complexity index is 365. The van der Waals surface area contributed by atoms with Crippen molar-refractivity contribution in [3.05, 3.63) is 47.1 Å². The first-order valence-electron chi connectivity index (χ1n) is 4.57. The maximum atomic E-state index is 11.3. The van der Waals surface area contributed by atoms with Crippen LogP contribution in [0.5, 0.6) is 0 Å². The number of carbonyl (C=O) groups excluding carboxylic acids is 1. The highest BCUT2D eigenvalue weighted by atomic mass is 16.1. The summed E-state index contributed by atoms with van der Waals surface area (Å²) in [4.78, 5) is 11.3. The monoisotopic (exact) mass is 172 g/mol. The second-order valence-electron chi connectivity index (χ2n) is 3.35. The highest BCUT2D eigenvalue weighted by Crippen LogP contribution is 2.30. The summed E-state index contributed by atoms with van der Waals surface area (Å²) in [6.45, 7) is 1.63. The van der Waals surface area contributed by atoms with Crippen LogP contribution in [0.1, 0.15) is 19.8 Å². The average molecular weight is 172 g/mol. The van der Waals surface area contributed by atoms with Crippen LogP contribution < -0.4 is 0 Å². The van der Waals surface area contributed by atoms with Gasteiger partial charge in [0.15, 0.2) is 5.78 Å². The van der Waals surface area contributed by atoms with Crippen molar-refractivity contribution in [3.63, 3.8) is 0 Å². The molecule has 13 heavy (non-hydrogen) atoms. The lowest BCUT2D eigenvalue weighted by Crippen LogP contribution is -1.99. The van der Waals surface area contributed by atoms with E-state index in [9.17, 15) is 4.79 Å². The van der Waals surface area contributed by atoms with Crippen LogP contribution in [0.25, 0.3) is 0 Å². The lowest BCUT2D eigenvalue weighted by Gasteiger charge is -2.05. The molecule has 2 rings (SSSR count). The molecule has 0 saturated heterocycles. The maximum absolute atomic E-state index is 11.3. The zero-order valence-electron chi connectivity index (χ0n) is 7.71. The van der Waals surface area contributed by atoms with Crippen molar-refractivity contribution >= 4 is 5.78 Å². The van der Waals surface area contributed by atoms with Crippen molar-refractivity contribution in [2.24, 2.45) is 0 Å². The molecule has 66 valence electrons. The van der Waals surface area contributed by atoms with Gasteiger partial charge in [-0.1, -0.05) is 30.4 Å². The number of Topliss-reactive ketones (excluding diaryl/α,β-unsaturated/α-hetero) is 1. The third kappa shape index (κ3) is 1.42. The van der Waals surface area contributed by atoms with E-state index in [1.165, 1.54) is 5.57 Å². The molecule has 0 atom stereocenters. The van der Waals surface area contributed by atoms with Crippen LogP contribution in [-0.4, -0.2) is 5.78 Å². The molecule has 0 amide bonds. The van der Waals surface area contributed by atoms with E-state index in [0.29, 0.717) is 0 Å². The third-order valence-electron chi connectivity index (χ3n) is 2.43. The maximum Gasteiger partial charge on any atom is 0.160 e. The Balaban J connectivity index is 2.26. The first-order chi connectivity index (χ1) is 6.29. The zero-order valence-corrected chi connectivity index (χ0v) is 7.71. The topological polar surface area (TPSA) is 17.1 Å². The standard InChI is InChI=1S/C12H12O/c1-9(13)11-7-4-8-12(11)10-5-2-3-6-10/h2-3,5,7-8H,4,6H2,1H3. The minimum Gasteiger partial charge on any atom is -0.295 e. The average Bonchev–Trinajstić information content (AvgIpc) is 2.74. The van der Waals surface area contributed by atoms with Crippen LogP contribution in [0.2, 0.25) is 0 Å². The molecule has 1 heteroatoms. The lowest BCUT2D eigenvalue weighted by molar-refractivity contribution is -0.113. The molecule has 0 radical (unpaired) electrons. The molecule has 0 aromatic heterocycles. The largest absolute Gasteiger partial charge is 0.295 e. The van der Waals surface area contributed by atoms with Gasteiger partial charge in [-0.05, 0) is 30.9 Å². The SMILES string of the molecule is CC(=O)C1=CCC=C1C1=CC=CC1. The molecule has 0 fully saturated rings. The number of carbonyl (C=O) groups is 1. The van der Waals surface area contributed by atoms with E-state index in [0.717, 1.165) is 24.0 Å². The number of rotatable bonds is 2. The lowest BCUT2D eigenvalue weighted by atomic mass is 9.98. The van der Waals surface area contributed by atoms with E-state index in [1.54, 1.807) is 6.92 Å². The molecule has 0 N–H and O–H groups in total. The highest BCUT2D eigenvalue weighted by molar-refractivity contribution is 6.00. The van der Waals surface area contributed by atoms with Gasteiger partial charge in [-0.3, -0.25) is 4.79 Å². The Labute approximate surface area is 78.1 Å². The van der Waals surface area contributed by atoms with E-state index in [4.69, 9.17) is 0 Å². The molecule has 0 spiro atoms. The summed E-state index contributed by atoms with van der Waals surface area (Å²) in [5, 5.41) is 0. The van der Waals surface area contributed by atoms with Gasteiger partial charge in [-0.2, -0.15) is 0 Å². The molecule has 0 unspecified atom stereocenters. The molecule has 0 aromatic carbocycles. The Morgan fingerprint density at radius 2 is 2.23 bits per heavy atom. The highest BCUT2D eigenvalue weighted by Gasteiger charge is 2.17. The fraction of sp³-hybridized carbons (Fsp3) is 0.250. The quantitative estimate of drug-likeness (QED) is 0.626. The molecule has 0 heterocycles. The van der Waals surface area contributed by atoms with Crippen molar-refractivity contribution in [3.8, 4) is 0 Å². The fourth-order valence-corrected chi connectivity index (χ4v) is 1.80. The zero-order chi connectivity index (χ0) is 9.26. The molecular weight excluding hydrogens is 160 g/mol. The van der Waals surface area contributed by atoms with Crippen LogP contribution in [0.3, 0.4) is 0 Å². The van der Waals surface area contributed by atoms with Gasteiger partial charge < -0.3 is 0 Å². The summed E-state index contributed by atoms with van der Waals surface area (Å²) in [7, 11) is 0. The molecule has 0 aliphatic heterocycles. The predicted octanol–water partition coefficient (Wildman–Crippen LogP) is 2.72. The molecule has 2 aliphatic rings. The number of hydrogen-bond acceptors (Lipinski definition) is 1. The fourth-order valence-electron chi connectivity index (χ4n) is 1.80.